The summed E-state index contributed by atoms with van der Waals surface area (Å²) in [7, 11) is 0. The molecule has 1 aliphatic rings. The average molecular weight is 285 g/mol. The molecule has 2 N–H and O–H groups in total. The summed E-state index contributed by atoms with van der Waals surface area (Å²) in [5, 5.41) is 3.17. The topological polar surface area (TPSA) is 66.9 Å². The summed E-state index contributed by atoms with van der Waals surface area (Å²) in [6.07, 6.45) is 2.91. The van der Waals surface area contributed by atoms with Crippen molar-refractivity contribution in [2.75, 3.05) is 5.32 Å². The van der Waals surface area contributed by atoms with Crippen molar-refractivity contribution in [3.63, 3.8) is 0 Å². The van der Waals surface area contributed by atoms with Gasteiger partial charge in [0.2, 0.25) is 0 Å². The van der Waals surface area contributed by atoms with Gasteiger partial charge in [-0.25, -0.2) is 4.79 Å². The van der Waals surface area contributed by atoms with Gasteiger partial charge in [-0.1, -0.05) is 30.3 Å². The van der Waals surface area contributed by atoms with E-state index in [1.165, 1.54) is 10.6 Å². The zero-order valence-electron chi connectivity index (χ0n) is 12.0. The van der Waals surface area contributed by atoms with Crippen LogP contribution >= 0.6 is 0 Å². The molecule has 110 valence electrons. The lowest BCUT2D eigenvalue weighted by Crippen LogP contribution is -2.40. The molecule has 0 radical (unpaired) electrons. The Hall–Kier alpha value is -2.30. The van der Waals surface area contributed by atoms with Crippen molar-refractivity contribution >= 4 is 5.82 Å². The van der Waals surface area contributed by atoms with E-state index >= 15 is 0 Å². The Bertz CT molecular complexity index is 698. The Balaban J connectivity index is 1.84. The van der Waals surface area contributed by atoms with Crippen molar-refractivity contribution in [1.29, 1.82) is 0 Å². The largest absolute Gasteiger partial charge is 0.365 e. The van der Waals surface area contributed by atoms with Crippen LogP contribution in [0.15, 0.2) is 46.0 Å². The highest BCUT2D eigenvalue weighted by Gasteiger charge is 2.22. The minimum atomic E-state index is -0.324. The molecule has 1 heterocycles. The molecule has 1 saturated carbocycles. The molecule has 5 nitrogen and oxygen atoms in total. The van der Waals surface area contributed by atoms with Crippen molar-refractivity contribution in [1.82, 2.24) is 9.55 Å². The summed E-state index contributed by atoms with van der Waals surface area (Å²) in [4.78, 5) is 27.0. The van der Waals surface area contributed by atoms with Gasteiger partial charge in [0.05, 0.1) is 0 Å². The van der Waals surface area contributed by atoms with Gasteiger partial charge in [0.25, 0.3) is 5.56 Å². The third-order valence-corrected chi connectivity index (χ3v) is 4.08. The van der Waals surface area contributed by atoms with E-state index in [-0.39, 0.29) is 23.3 Å². The number of H-pyrrole nitrogens is 1. The van der Waals surface area contributed by atoms with E-state index in [2.05, 4.69) is 10.3 Å². The van der Waals surface area contributed by atoms with Crippen LogP contribution < -0.4 is 16.6 Å². The fraction of sp³-hybridized carbons (Fsp3) is 0.375. The van der Waals surface area contributed by atoms with E-state index in [1.807, 2.05) is 37.3 Å². The van der Waals surface area contributed by atoms with E-state index in [0.29, 0.717) is 5.82 Å². The lowest BCUT2D eigenvalue weighted by atomic mass is 9.93. The van der Waals surface area contributed by atoms with Crippen molar-refractivity contribution < 1.29 is 0 Å². The second kappa shape index (κ2) is 5.60. The molecular weight excluding hydrogens is 266 g/mol. The third-order valence-electron chi connectivity index (χ3n) is 4.08. The first kappa shape index (κ1) is 13.7. The van der Waals surface area contributed by atoms with Crippen LogP contribution in [0.1, 0.15) is 43.8 Å². The molecule has 0 saturated heterocycles. The maximum atomic E-state index is 12.1. The molecule has 1 unspecified atom stereocenters. The SMILES string of the molecule is CC(Nc1cc(=O)n(C2CCC2)c(=O)[nH]1)c1ccccc1. The van der Waals surface area contributed by atoms with Gasteiger partial charge in [-0.2, -0.15) is 0 Å². The Kier molecular flexibility index (Phi) is 3.64. The number of hydrogen-bond acceptors (Lipinski definition) is 3. The molecule has 5 heteroatoms. The smallest absolute Gasteiger partial charge is 0.330 e. The fourth-order valence-electron chi connectivity index (χ4n) is 2.63. The number of rotatable bonds is 4. The molecule has 1 aromatic heterocycles. The number of nitrogens with one attached hydrogen (secondary N) is 2. The number of aromatic amines is 1. The summed E-state index contributed by atoms with van der Waals surface area (Å²) in [6, 6.07) is 11.5. The number of anilines is 1. The van der Waals surface area contributed by atoms with Crippen LogP contribution in [0.25, 0.3) is 0 Å². The van der Waals surface area contributed by atoms with Gasteiger partial charge in [0, 0.05) is 18.2 Å². The van der Waals surface area contributed by atoms with Crippen LogP contribution in [-0.4, -0.2) is 9.55 Å². The molecule has 21 heavy (non-hydrogen) atoms. The quantitative estimate of drug-likeness (QED) is 0.906. The second-order valence-electron chi connectivity index (χ2n) is 5.56. The maximum absolute atomic E-state index is 12.1. The highest BCUT2D eigenvalue weighted by atomic mass is 16.2. The summed E-state index contributed by atoms with van der Waals surface area (Å²) < 4.78 is 1.34. The highest BCUT2D eigenvalue weighted by Crippen LogP contribution is 2.28. The van der Waals surface area contributed by atoms with Gasteiger partial charge < -0.3 is 5.32 Å². The normalized spacial score (nSPS) is 16.2. The van der Waals surface area contributed by atoms with E-state index < -0.39 is 0 Å². The predicted molar refractivity (Wildman–Crippen MR) is 82.7 cm³/mol. The van der Waals surface area contributed by atoms with Gasteiger partial charge in [0.1, 0.15) is 5.82 Å². The Morgan fingerprint density at radius 2 is 1.95 bits per heavy atom. The first-order chi connectivity index (χ1) is 10.1. The number of benzene rings is 1. The summed E-state index contributed by atoms with van der Waals surface area (Å²) in [5.74, 6) is 0.469. The Morgan fingerprint density at radius 1 is 1.24 bits per heavy atom. The van der Waals surface area contributed by atoms with Crippen LogP contribution in [0.4, 0.5) is 5.82 Å². The van der Waals surface area contributed by atoms with E-state index in [0.717, 1.165) is 24.8 Å². The molecular formula is C16H19N3O2. The predicted octanol–water partition coefficient (Wildman–Crippen LogP) is 2.43. The Morgan fingerprint density at radius 3 is 2.52 bits per heavy atom. The average Bonchev–Trinajstić information content (AvgIpc) is 2.41. The lowest BCUT2D eigenvalue weighted by Gasteiger charge is -2.26. The van der Waals surface area contributed by atoms with Gasteiger partial charge in [-0.15, -0.1) is 0 Å². The fourth-order valence-corrected chi connectivity index (χ4v) is 2.63. The number of nitrogens with zero attached hydrogens (tertiary/aromatic N) is 1. The molecule has 1 atom stereocenters. The minimum Gasteiger partial charge on any atom is -0.365 e. The monoisotopic (exact) mass is 285 g/mol. The molecule has 0 aliphatic heterocycles. The van der Waals surface area contributed by atoms with Gasteiger partial charge in [-0.3, -0.25) is 14.3 Å². The van der Waals surface area contributed by atoms with Gasteiger partial charge >= 0.3 is 5.69 Å². The molecule has 1 aliphatic carbocycles. The first-order valence-corrected chi connectivity index (χ1v) is 7.32. The van der Waals surface area contributed by atoms with Gasteiger partial charge in [-0.05, 0) is 31.7 Å². The molecule has 2 aromatic rings. The van der Waals surface area contributed by atoms with E-state index in [1.54, 1.807) is 0 Å². The van der Waals surface area contributed by atoms with Crippen molar-refractivity contribution in [2.45, 2.75) is 38.3 Å². The molecule has 1 aromatic carbocycles. The standard InChI is InChI=1S/C16H19N3O2/c1-11(12-6-3-2-4-7-12)17-14-10-15(20)19(16(21)18-14)13-8-5-9-13/h2-4,6-7,10-11,13,17H,5,8-9H2,1H3,(H,18,21). The van der Waals surface area contributed by atoms with Gasteiger partial charge in [0.15, 0.2) is 0 Å². The van der Waals surface area contributed by atoms with Crippen LogP contribution in [0.5, 0.6) is 0 Å². The zero-order chi connectivity index (χ0) is 14.8. The summed E-state index contributed by atoms with van der Waals surface area (Å²) in [5.41, 5.74) is 0.544. The summed E-state index contributed by atoms with van der Waals surface area (Å²) in [6.45, 7) is 1.99. The van der Waals surface area contributed by atoms with Crippen LogP contribution in [0.3, 0.4) is 0 Å². The number of aromatic nitrogens is 2. The van der Waals surface area contributed by atoms with E-state index in [9.17, 15) is 9.59 Å². The van der Waals surface area contributed by atoms with Crippen LogP contribution in [0, 0.1) is 0 Å². The lowest BCUT2D eigenvalue weighted by molar-refractivity contribution is 0.296. The Labute approximate surface area is 122 Å². The molecule has 0 spiro atoms. The van der Waals surface area contributed by atoms with Crippen molar-refractivity contribution in [3.05, 3.63) is 62.8 Å². The second-order valence-corrected chi connectivity index (χ2v) is 5.56. The molecule has 3 rings (SSSR count). The summed E-state index contributed by atoms with van der Waals surface area (Å²) >= 11 is 0. The molecule has 0 amide bonds. The number of hydrogen-bond donors (Lipinski definition) is 2. The first-order valence-electron chi connectivity index (χ1n) is 7.32. The van der Waals surface area contributed by atoms with Crippen LogP contribution in [0.2, 0.25) is 0 Å². The van der Waals surface area contributed by atoms with E-state index in [4.69, 9.17) is 0 Å². The third kappa shape index (κ3) is 2.77. The molecule has 1 fully saturated rings. The van der Waals surface area contributed by atoms with Crippen LogP contribution in [-0.2, 0) is 0 Å². The molecule has 0 bridgehead atoms. The van der Waals surface area contributed by atoms with Crippen molar-refractivity contribution in [2.24, 2.45) is 0 Å². The maximum Gasteiger partial charge on any atom is 0.330 e. The zero-order valence-corrected chi connectivity index (χ0v) is 12.0. The highest BCUT2D eigenvalue weighted by molar-refractivity contribution is 5.36. The minimum absolute atomic E-state index is 0.0146. The van der Waals surface area contributed by atoms with Crippen molar-refractivity contribution in [3.8, 4) is 0 Å².